The van der Waals surface area contributed by atoms with Gasteiger partial charge in [-0.2, -0.15) is 0 Å². The zero-order valence-electron chi connectivity index (χ0n) is 19.8. The summed E-state index contributed by atoms with van der Waals surface area (Å²) >= 11 is 0. The van der Waals surface area contributed by atoms with Gasteiger partial charge in [-0.15, -0.1) is 0 Å². The number of benzene rings is 1. The Labute approximate surface area is 197 Å². The lowest BCUT2D eigenvalue weighted by Gasteiger charge is -2.42. The number of carbonyl (C=O) groups is 2. The fourth-order valence-corrected chi connectivity index (χ4v) is 5.18. The van der Waals surface area contributed by atoms with Crippen LogP contribution >= 0.6 is 0 Å². The molecular formula is C28H35N3O2. The van der Waals surface area contributed by atoms with E-state index in [0.29, 0.717) is 32.4 Å². The van der Waals surface area contributed by atoms with E-state index in [1.807, 2.05) is 43.0 Å². The van der Waals surface area contributed by atoms with E-state index in [4.69, 9.17) is 0 Å². The molecule has 0 bridgehead atoms. The van der Waals surface area contributed by atoms with E-state index in [-0.39, 0.29) is 23.8 Å². The molecule has 174 valence electrons. The number of rotatable bonds is 6. The highest BCUT2D eigenvalue weighted by molar-refractivity contribution is 5.85. The molecule has 0 spiro atoms. The molecule has 1 N–H and O–H groups in total. The average Bonchev–Trinajstić information content (AvgIpc) is 2.85. The van der Waals surface area contributed by atoms with Crippen molar-refractivity contribution in [2.24, 2.45) is 11.3 Å². The van der Waals surface area contributed by atoms with Crippen LogP contribution < -0.4 is 5.32 Å². The summed E-state index contributed by atoms with van der Waals surface area (Å²) in [6.45, 7) is 5.29. The highest BCUT2D eigenvalue weighted by Crippen LogP contribution is 2.39. The van der Waals surface area contributed by atoms with Crippen molar-refractivity contribution in [3.05, 3.63) is 66.5 Å². The quantitative estimate of drug-likeness (QED) is 0.651. The first-order chi connectivity index (χ1) is 16.0. The molecule has 33 heavy (non-hydrogen) atoms. The maximum absolute atomic E-state index is 13.5. The van der Waals surface area contributed by atoms with Crippen molar-refractivity contribution in [2.75, 3.05) is 13.1 Å². The van der Waals surface area contributed by atoms with Crippen LogP contribution in [0.5, 0.6) is 0 Å². The molecule has 1 aromatic heterocycles. The lowest BCUT2D eigenvalue weighted by molar-refractivity contribution is -0.143. The Balaban J connectivity index is 1.57. The second kappa shape index (κ2) is 10.3. The first-order valence-corrected chi connectivity index (χ1v) is 12.2. The largest absolute Gasteiger partial charge is 0.353 e. The van der Waals surface area contributed by atoms with Gasteiger partial charge in [-0.1, -0.05) is 36.4 Å². The van der Waals surface area contributed by atoms with Crippen LogP contribution in [0.1, 0.15) is 51.5 Å². The standard InChI is InChI=1S/C28H35N3O2/c1-21(2)30-27(33)28(14-18-31(19-15-28)26(32)23-8-4-3-5-9-23)20-24-10-6-7-11-25(24)22-12-16-29-17-13-22/h3-4,6-7,10-13,16-17,21,23H,5,8-9,14-15,18-20H2,1-2H3,(H,30,33)/t23-/m0/s1. The summed E-state index contributed by atoms with van der Waals surface area (Å²) in [5.41, 5.74) is 2.90. The van der Waals surface area contributed by atoms with Gasteiger partial charge >= 0.3 is 0 Å². The van der Waals surface area contributed by atoms with Crippen molar-refractivity contribution in [1.29, 1.82) is 0 Å². The van der Waals surface area contributed by atoms with Crippen molar-refractivity contribution in [3.63, 3.8) is 0 Å². The van der Waals surface area contributed by atoms with E-state index in [1.54, 1.807) is 12.4 Å². The third-order valence-corrected chi connectivity index (χ3v) is 7.09. The first kappa shape index (κ1) is 23.2. The Morgan fingerprint density at radius 2 is 1.82 bits per heavy atom. The van der Waals surface area contributed by atoms with Crippen LogP contribution in [-0.4, -0.2) is 40.8 Å². The molecule has 0 unspecified atom stereocenters. The third-order valence-electron chi connectivity index (χ3n) is 7.09. The zero-order valence-corrected chi connectivity index (χ0v) is 19.8. The van der Waals surface area contributed by atoms with Crippen molar-refractivity contribution >= 4 is 11.8 Å². The smallest absolute Gasteiger partial charge is 0.226 e. The van der Waals surface area contributed by atoms with E-state index in [2.05, 4.69) is 34.6 Å². The average molecular weight is 446 g/mol. The van der Waals surface area contributed by atoms with Crippen LogP contribution in [-0.2, 0) is 16.0 Å². The van der Waals surface area contributed by atoms with Gasteiger partial charge in [0, 0.05) is 37.4 Å². The summed E-state index contributed by atoms with van der Waals surface area (Å²) in [5, 5.41) is 3.18. The van der Waals surface area contributed by atoms with Crippen LogP contribution in [0.2, 0.25) is 0 Å². The van der Waals surface area contributed by atoms with Crippen LogP contribution in [0.25, 0.3) is 11.1 Å². The molecule has 1 atom stereocenters. The van der Waals surface area contributed by atoms with E-state index in [1.165, 1.54) is 5.56 Å². The van der Waals surface area contributed by atoms with Gasteiger partial charge in [0.25, 0.3) is 0 Å². The SMILES string of the molecule is CC(C)NC(=O)C1(Cc2ccccc2-c2ccncc2)CCN(C(=O)[C@H]2CC=CCC2)CC1. The molecule has 1 aliphatic carbocycles. The number of allylic oxidation sites excluding steroid dienone is 2. The van der Waals surface area contributed by atoms with Crippen molar-refractivity contribution < 1.29 is 9.59 Å². The summed E-state index contributed by atoms with van der Waals surface area (Å²) in [6.07, 6.45) is 12.7. The summed E-state index contributed by atoms with van der Waals surface area (Å²) in [7, 11) is 0. The highest BCUT2D eigenvalue weighted by atomic mass is 16.2. The Bertz CT molecular complexity index is 991. The van der Waals surface area contributed by atoms with Crippen molar-refractivity contribution in [1.82, 2.24) is 15.2 Å². The number of pyridine rings is 1. The van der Waals surface area contributed by atoms with Gasteiger partial charge in [0.05, 0.1) is 5.41 Å². The monoisotopic (exact) mass is 445 g/mol. The molecule has 1 aliphatic heterocycles. The molecule has 1 fully saturated rings. The number of aromatic nitrogens is 1. The van der Waals surface area contributed by atoms with Crippen LogP contribution in [0, 0.1) is 11.3 Å². The number of carbonyl (C=O) groups excluding carboxylic acids is 2. The molecule has 2 aromatic rings. The third kappa shape index (κ3) is 5.35. The number of piperidine rings is 1. The molecule has 0 radical (unpaired) electrons. The summed E-state index contributed by atoms with van der Waals surface area (Å²) in [6, 6.07) is 12.4. The molecule has 4 rings (SSSR count). The zero-order chi connectivity index (χ0) is 23.3. The van der Waals surface area contributed by atoms with Crippen LogP contribution in [0.15, 0.2) is 60.9 Å². The van der Waals surface area contributed by atoms with Gasteiger partial charge in [0.2, 0.25) is 11.8 Å². The predicted octanol–water partition coefficient (Wildman–Crippen LogP) is 4.78. The lowest BCUT2D eigenvalue weighted by atomic mass is 9.71. The molecule has 1 aromatic carbocycles. The Morgan fingerprint density at radius 1 is 1.09 bits per heavy atom. The van der Waals surface area contributed by atoms with E-state index in [0.717, 1.165) is 30.4 Å². The normalized spacial score (nSPS) is 20.0. The molecule has 5 heteroatoms. The lowest BCUT2D eigenvalue weighted by Crippen LogP contribution is -2.53. The highest BCUT2D eigenvalue weighted by Gasteiger charge is 2.43. The number of hydrogen-bond donors (Lipinski definition) is 1. The van der Waals surface area contributed by atoms with Crippen molar-refractivity contribution in [3.8, 4) is 11.1 Å². The number of likely N-dealkylation sites (tertiary alicyclic amines) is 1. The van der Waals surface area contributed by atoms with Gasteiger partial charge in [-0.3, -0.25) is 14.6 Å². The number of amides is 2. The molecule has 2 amide bonds. The summed E-state index contributed by atoms with van der Waals surface area (Å²) in [5.74, 6) is 0.462. The topological polar surface area (TPSA) is 62.3 Å². The second-order valence-electron chi connectivity index (χ2n) is 9.78. The van der Waals surface area contributed by atoms with Crippen LogP contribution in [0.3, 0.4) is 0 Å². The summed E-state index contributed by atoms with van der Waals surface area (Å²) in [4.78, 5) is 32.8. The minimum atomic E-state index is -0.517. The van der Waals surface area contributed by atoms with Crippen molar-refractivity contribution in [2.45, 2.75) is 58.4 Å². The van der Waals surface area contributed by atoms with Gasteiger partial charge in [-0.25, -0.2) is 0 Å². The fourth-order valence-electron chi connectivity index (χ4n) is 5.18. The maximum Gasteiger partial charge on any atom is 0.226 e. The Hall–Kier alpha value is -2.95. The molecule has 0 saturated carbocycles. The second-order valence-corrected chi connectivity index (χ2v) is 9.78. The van der Waals surface area contributed by atoms with Gasteiger partial charge in [0.15, 0.2) is 0 Å². The molecular weight excluding hydrogens is 410 g/mol. The molecule has 1 saturated heterocycles. The van der Waals surface area contributed by atoms with Gasteiger partial charge < -0.3 is 10.2 Å². The Kier molecular flexibility index (Phi) is 7.26. The molecule has 5 nitrogen and oxygen atoms in total. The van der Waals surface area contributed by atoms with Gasteiger partial charge in [-0.05, 0) is 81.2 Å². The van der Waals surface area contributed by atoms with Gasteiger partial charge in [0.1, 0.15) is 0 Å². The minimum Gasteiger partial charge on any atom is -0.353 e. The van der Waals surface area contributed by atoms with Crippen LogP contribution in [0.4, 0.5) is 0 Å². The number of nitrogens with one attached hydrogen (secondary N) is 1. The molecule has 2 heterocycles. The summed E-state index contributed by atoms with van der Waals surface area (Å²) < 4.78 is 0. The number of nitrogens with zero attached hydrogens (tertiary/aromatic N) is 2. The number of hydrogen-bond acceptors (Lipinski definition) is 3. The molecule has 2 aliphatic rings. The first-order valence-electron chi connectivity index (χ1n) is 12.2. The van der Waals surface area contributed by atoms with E-state index < -0.39 is 5.41 Å². The fraction of sp³-hybridized carbons (Fsp3) is 0.464. The maximum atomic E-state index is 13.5. The van der Waals surface area contributed by atoms with E-state index >= 15 is 0 Å². The predicted molar refractivity (Wildman–Crippen MR) is 131 cm³/mol. The Morgan fingerprint density at radius 3 is 2.48 bits per heavy atom. The van der Waals surface area contributed by atoms with E-state index in [9.17, 15) is 9.59 Å². The minimum absolute atomic E-state index is 0.0819.